The highest BCUT2D eigenvalue weighted by Gasteiger charge is 2.72. The van der Waals surface area contributed by atoms with E-state index in [4.69, 9.17) is 18.9 Å². The van der Waals surface area contributed by atoms with E-state index >= 15 is 0 Å². The third kappa shape index (κ3) is 2.98. The van der Waals surface area contributed by atoms with Crippen LogP contribution >= 0.6 is 0 Å². The molecular formula is C24H27NO9. The van der Waals surface area contributed by atoms with Crippen LogP contribution in [0.1, 0.15) is 37.3 Å². The zero-order valence-corrected chi connectivity index (χ0v) is 19.2. The smallest absolute Gasteiger partial charge is 0.345 e. The molecule has 182 valence electrons. The molecule has 1 aromatic carbocycles. The first-order valence-electron chi connectivity index (χ1n) is 11.2. The second kappa shape index (κ2) is 7.71. The number of ether oxygens (including phenoxy) is 4. The normalized spacial score (nSPS) is 31.5. The minimum atomic E-state index is -1.65. The number of hydrogen-bond acceptors (Lipinski definition) is 9. The van der Waals surface area contributed by atoms with E-state index in [0.29, 0.717) is 24.3 Å². The molecule has 1 saturated heterocycles. The minimum Gasteiger partial charge on any atom is -0.493 e. The number of esters is 2. The Morgan fingerprint density at radius 1 is 1.32 bits per heavy atom. The quantitative estimate of drug-likeness (QED) is 0.575. The van der Waals surface area contributed by atoms with E-state index in [1.54, 1.807) is 13.2 Å². The number of carboxylic acid groups (broad SMARTS) is 1. The van der Waals surface area contributed by atoms with E-state index in [1.807, 2.05) is 19.2 Å². The predicted octanol–water partition coefficient (Wildman–Crippen LogP) is 0.922. The van der Waals surface area contributed by atoms with Crippen molar-refractivity contribution in [3.05, 3.63) is 35.1 Å². The van der Waals surface area contributed by atoms with Crippen LogP contribution in [0.15, 0.2) is 24.0 Å². The van der Waals surface area contributed by atoms with E-state index in [1.165, 1.54) is 0 Å². The van der Waals surface area contributed by atoms with Crippen LogP contribution in [0.25, 0.3) is 0 Å². The SMILES string of the molecule is COc1ccc2c3c1OC1C(OC(=O)C[C@H](OC(C)=O)C(=O)O)=CC[C@@]4(O)[C@@H](C2)N(C)CCC314. The second-order valence-corrected chi connectivity index (χ2v) is 9.40. The first-order chi connectivity index (χ1) is 16.1. The predicted molar refractivity (Wildman–Crippen MR) is 115 cm³/mol. The fourth-order valence-corrected chi connectivity index (χ4v) is 6.29. The van der Waals surface area contributed by atoms with Gasteiger partial charge in [-0.25, -0.2) is 4.79 Å². The zero-order valence-electron chi connectivity index (χ0n) is 19.2. The summed E-state index contributed by atoms with van der Waals surface area (Å²) in [6.45, 7) is 1.79. The molecule has 0 saturated carbocycles. The molecule has 2 N–H and O–H groups in total. The standard InChI is InChI=1S/C24H27NO9/c1-12(26)32-16(22(28)29)11-18(27)33-15-6-7-24(30)17-10-13-4-5-14(31-3)20-19(13)23(24,21(15)34-20)8-9-25(17)2/h4-6,16-17,21,30H,7-11H2,1-3H3,(H,28,29)/t16-,17+,21?,23?,24+/m0/s1. The summed E-state index contributed by atoms with van der Waals surface area (Å²) < 4.78 is 22.3. The first kappa shape index (κ1) is 22.7. The first-order valence-corrected chi connectivity index (χ1v) is 11.2. The van der Waals surface area contributed by atoms with E-state index in [9.17, 15) is 24.6 Å². The van der Waals surface area contributed by atoms with Gasteiger partial charge in [0.2, 0.25) is 6.10 Å². The number of aliphatic hydroxyl groups is 1. The number of carboxylic acids is 1. The average Bonchev–Trinajstić information content (AvgIpc) is 3.13. The van der Waals surface area contributed by atoms with Crippen molar-refractivity contribution in [2.45, 2.75) is 61.9 Å². The molecule has 1 aromatic rings. The van der Waals surface area contributed by atoms with Gasteiger partial charge in [0, 0.05) is 24.9 Å². The Labute approximate surface area is 196 Å². The van der Waals surface area contributed by atoms with Gasteiger partial charge in [0.1, 0.15) is 5.76 Å². The van der Waals surface area contributed by atoms with Crippen LogP contribution in [0.3, 0.4) is 0 Å². The summed E-state index contributed by atoms with van der Waals surface area (Å²) in [5, 5.41) is 21.4. The number of carbonyl (C=O) groups is 3. The van der Waals surface area contributed by atoms with E-state index < -0.39 is 47.6 Å². The Balaban J connectivity index is 1.52. The molecule has 5 rings (SSSR count). The molecule has 2 unspecified atom stereocenters. The second-order valence-electron chi connectivity index (χ2n) is 9.40. The molecule has 4 aliphatic rings. The topological polar surface area (TPSA) is 132 Å². The Kier molecular flexibility index (Phi) is 5.14. The molecule has 2 aliphatic heterocycles. The molecular weight excluding hydrogens is 446 g/mol. The van der Waals surface area contributed by atoms with Crippen molar-refractivity contribution in [2.75, 3.05) is 20.7 Å². The van der Waals surface area contributed by atoms with Crippen LogP contribution in [0, 0.1) is 0 Å². The van der Waals surface area contributed by atoms with Crippen LogP contribution in [-0.4, -0.2) is 77.6 Å². The van der Waals surface area contributed by atoms with Crippen LogP contribution in [0.4, 0.5) is 0 Å². The molecule has 5 atom stereocenters. The number of likely N-dealkylation sites (N-methyl/N-ethyl adjacent to an activating group) is 1. The van der Waals surface area contributed by atoms with Crippen molar-refractivity contribution in [2.24, 2.45) is 0 Å². The van der Waals surface area contributed by atoms with Crippen molar-refractivity contribution in [1.29, 1.82) is 0 Å². The van der Waals surface area contributed by atoms with Gasteiger partial charge in [-0.1, -0.05) is 6.07 Å². The summed E-state index contributed by atoms with van der Waals surface area (Å²) in [6, 6.07) is 3.69. The van der Waals surface area contributed by atoms with Gasteiger partial charge in [-0.05, 0) is 44.1 Å². The molecule has 2 heterocycles. The van der Waals surface area contributed by atoms with Crippen LogP contribution < -0.4 is 9.47 Å². The summed E-state index contributed by atoms with van der Waals surface area (Å²) in [5.74, 6) is -1.82. The number of likely N-dealkylation sites (tertiary alicyclic amines) is 1. The van der Waals surface area contributed by atoms with E-state index in [0.717, 1.165) is 24.6 Å². The summed E-state index contributed by atoms with van der Waals surface area (Å²) in [5.41, 5.74) is -0.0257. The van der Waals surface area contributed by atoms with Gasteiger partial charge >= 0.3 is 17.9 Å². The number of nitrogens with zero attached hydrogens (tertiary/aromatic N) is 1. The lowest BCUT2D eigenvalue weighted by atomic mass is 9.50. The molecule has 2 aliphatic carbocycles. The number of methoxy groups -OCH3 is 1. The van der Waals surface area contributed by atoms with Crippen molar-refractivity contribution >= 4 is 17.9 Å². The minimum absolute atomic E-state index is 0.145. The Morgan fingerprint density at radius 2 is 2.09 bits per heavy atom. The highest BCUT2D eigenvalue weighted by atomic mass is 16.6. The van der Waals surface area contributed by atoms with Gasteiger partial charge in [0.05, 0.1) is 24.5 Å². The summed E-state index contributed by atoms with van der Waals surface area (Å²) >= 11 is 0. The Bertz CT molecular complexity index is 1110. The maximum absolute atomic E-state index is 12.7. The largest absolute Gasteiger partial charge is 0.493 e. The maximum atomic E-state index is 12.7. The van der Waals surface area contributed by atoms with Crippen molar-refractivity contribution < 1.29 is 43.5 Å². The van der Waals surface area contributed by atoms with E-state index in [2.05, 4.69) is 4.90 Å². The van der Waals surface area contributed by atoms with Crippen molar-refractivity contribution in [3.8, 4) is 11.5 Å². The van der Waals surface area contributed by atoms with Gasteiger partial charge in [-0.3, -0.25) is 9.59 Å². The van der Waals surface area contributed by atoms with Crippen LogP contribution in [0.5, 0.6) is 11.5 Å². The molecule has 1 fully saturated rings. The summed E-state index contributed by atoms with van der Waals surface area (Å²) in [4.78, 5) is 37.4. The fraction of sp³-hybridized carbons (Fsp3) is 0.542. The van der Waals surface area contributed by atoms with Gasteiger partial charge in [0.15, 0.2) is 17.6 Å². The molecule has 10 heteroatoms. The maximum Gasteiger partial charge on any atom is 0.345 e. The number of hydrogen-bond donors (Lipinski definition) is 2. The molecule has 1 spiro atoms. The van der Waals surface area contributed by atoms with Gasteiger partial charge in [0.25, 0.3) is 0 Å². The molecule has 10 nitrogen and oxygen atoms in total. The number of rotatable bonds is 6. The lowest BCUT2D eigenvalue weighted by Gasteiger charge is -2.61. The van der Waals surface area contributed by atoms with Gasteiger partial charge in [-0.2, -0.15) is 0 Å². The summed E-state index contributed by atoms with van der Waals surface area (Å²) in [6.07, 6.45) is 0.0411. The van der Waals surface area contributed by atoms with Gasteiger partial charge < -0.3 is 34.1 Å². The summed E-state index contributed by atoms with van der Waals surface area (Å²) in [7, 11) is 3.54. The van der Waals surface area contributed by atoms with Crippen LogP contribution in [-0.2, 0) is 35.7 Å². The highest BCUT2D eigenvalue weighted by Crippen LogP contribution is 2.65. The third-order valence-electron chi connectivity index (χ3n) is 7.73. The van der Waals surface area contributed by atoms with Crippen LogP contribution in [0.2, 0.25) is 0 Å². The Morgan fingerprint density at radius 3 is 2.76 bits per heavy atom. The van der Waals surface area contributed by atoms with Crippen molar-refractivity contribution in [3.63, 3.8) is 0 Å². The number of carbonyl (C=O) groups excluding carboxylic acids is 2. The molecule has 0 radical (unpaired) electrons. The highest BCUT2D eigenvalue weighted by molar-refractivity contribution is 5.83. The number of piperidine rings is 1. The van der Waals surface area contributed by atoms with Crippen molar-refractivity contribution in [1.82, 2.24) is 4.90 Å². The zero-order chi connectivity index (χ0) is 24.4. The number of aliphatic carboxylic acids is 1. The third-order valence-corrected chi connectivity index (χ3v) is 7.73. The number of benzene rings is 1. The fourth-order valence-electron chi connectivity index (χ4n) is 6.29. The average molecular weight is 473 g/mol. The molecule has 34 heavy (non-hydrogen) atoms. The lowest BCUT2D eigenvalue weighted by Crippen LogP contribution is -2.74. The Hall–Kier alpha value is -3.11. The van der Waals surface area contributed by atoms with Gasteiger partial charge in [-0.15, -0.1) is 0 Å². The monoisotopic (exact) mass is 473 g/mol. The molecule has 2 bridgehead atoms. The molecule has 0 aromatic heterocycles. The lowest BCUT2D eigenvalue weighted by molar-refractivity contribution is -0.173. The van der Waals surface area contributed by atoms with E-state index in [-0.39, 0.29) is 18.2 Å². The molecule has 0 amide bonds.